The topological polar surface area (TPSA) is 61.4 Å². The largest absolute Gasteiger partial charge is 0.351 e. The summed E-state index contributed by atoms with van der Waals surface area (Å²) in [6, 6.07) is -0.212. The Hall–Kier alpha value is -1.88. The van der Waals surface area contributed by atoms with Crippen molar-refractivity contribution in [3.05, 3.63) is 37.5 Å². The Morgan fingerprint density at radius 1 is 1.28 bits per heavy atom. The summed E-state index contributed by atoms with van der Waals surface area (Å²) < 4.78 is 0. The van der Waals surface area contributed by atoms with Crippen LogP contribution in [0.4, 0.5) is 0 Å². The number of piperidine rings is 1. The number of nitrogens with one attached hydrogen (secondary N) is 2. The Morgan fingerprint density at radius 3 is 2.32 bits per heavy atom. The molecular weight excluding hydrogens is 314 g/mol. The van der Waals surface area contributed by atoms with Gasteiger partial charge in [-0.25, -0.2) is 0 Å². The predicted octanol–water partition coefficient (Wildman–Crippen LogP) is 2.81. The molecule has 2 N–H and O–H groups in total. The van der Waals surface area contributed by atoms with Gasteiger partial charge in [-0.3, -0.25) is 14.5 Å². The van der Waals surface area contributed by atoms with Crippen LogP contribution in [0.5, 0.6) is 0 Å². The minimum absolute atomic E-state index is 0.0549. The molecule has 0 aliphatic carbocycles. The maximum atomic E-state index is 12.3. The van der Waals surface area contributed by atoms with E-state index in [0.717, 1.165) is 38.9 Å². The Balaban J connectivity index is 0.00000277. The standard InChI is InChI=1S/C18H31N3O2.C2H4/c1-5-8-17(19-14(4)22)18(23)20-16-9-11-21(12-10-16)13-15(6-2)7-3;1-2/h6-7,16-17H,2,5,8-13H2,1,3-4H3,(H,19,22)(H,20,23);1-2H2/b15-7+;. The average molecular weight is 350 g/mol. The van der Waals surface area contributed by atoms with Crippen LogP contribution in [0, 0.1) is 0 Å². The van der Waals surface area contributed by atoms with Gasteiger partial charge in [-0.1, -0.05) is 32.1 Å². The monoisotopic (exact) mass is 349 g/mol. The summed E-state index contributed by atoms with van der Waals surface area (Å²) in [4.78, 5) is 25.9. The van der Waals surface area contributed by atoms with E-state index in [1.54, 1.807) is 0 Å². The van der Waals surface area contributed by atoms with Crippen molar-refractivity contribution in [2.24, 2.45) is 0 Å². The highest BCUT2D eigenvalue weighted by Crippen LogP contribution is 2.13. The van der Waals surface area contributed by atoms with E-state index >= 15 is 0 Å². The zero-order valence-corrected chi connectivity index (χ0v) is 16.1. The van der Waals surface area contributed by atoms with Gasteiger partial charge in [0, 0.05) is 32.6 Å². The Kier molecular flexibility index (Phi) is 12.4. The molecule has 1 aliphatic heterocycles. The lowest BCUT2D eigenvalue weighted by atomic mass is 10.0. The van der Waals surface area contributed by atoms with Gasteiger partial charge in [-0.05, 0) is 31.8 Å². The van der Waals surface area contributed by atoms with Crippen molar-refractivity contribution in [3.63, 3.8) is 0 Å². The molecule has 1 atom stereocenters. The molecule has 0 aromatic heterocycles. The maximum absolute atomic E-state index is 12.3. The van der Waals surface area contributed by atoms with Crippen molar-refractivity contribution >= 4 is 11.8 Å². The molecule has 0 aromatic rings. The lowest BCUT2D eigenvalue weighted by Crippen LogP contribution is -2.51. The minimum Gasteiger partial charge on any atom is -0.351 e. The molecule has 5 heteroatoms. The van der Waals surface area contributed by atoms with Gasteiger partial charge in [-0.15, -0.1) is 13.2 Å². The highest BCUT2D eigenvalue weighted by atomic mass is 16.2. The fourth-order valence-corrected chi connectivity index (χ4v) is 2.87. The first-order chi connectivity index (χ1) is 12.0. The van der Waals surface area contributed by atoms with E-state index in [1.165, 1.54) is 12.5 Å². The summed E-state index contributed by atoms with van der Waals surface area (Å²) >= 11 is 0. The third-order valence-electron chi connectivity index (χ3n) is 4.24. The van der Waals surface area contributed by atoms with Crippen LogP contribution in [0.15, 0.2) is 37.5 Å². The molecule has 0 saturated carbocycles. The predicted molar refractivity (Wildman–Crippen MR) is 105 cm³/mol. The van der Waals surface area contributed by atoms with Gasteiger partial charge < -0.3 is 10.6 Å². The molecule has 0 bridgehead atoms. The number of amides is 2. The van der Waals surface area contributed by atoms with Crippen LogP contribution in [-0.4, -0.2) is 48.4 Å². The first kappa shape index (κ1) is 23.1. The quantitative estimate of drug-likeness (QED) is 0.523. The molecule has 0 radical (unpaired) electrons. The normalized spacial score (nSPS) is 17.0. The van der Waals surface area contributed by atoms with Gasteiger partial charge in [0.05, 0.1) is 0 Å². The summed E-state index contributed by atoms with van der Waals surface area (Å²) in [5.74, 6) is -0.211. The minimum atomic E-state index is -0.411. The van der Waals surface area contributed by atoms with E-state index in [1.807, 2.05) is 19.9 Å². The van der Waals surface area contributed by atoms with E-state index < -0.39 is 6.04 Å². The molecular formula is C20H35N3O2. The summed E-state index contributed by atoms with van der Waals surface area (Å²) in [6.45, 7) is 18.2. The summed E-state index contributed by atoms with van der Waals surface area (Å²) in [5.41, 5.74) is 1.24. The molecule has 25 heavy (non-hydrogen) atoms. The molecule has 2 amide bonds. The molecule has 1 aliphatic rings. The van der Waals surface area contributed by atoms with Gasteiger partial charge in [0.25, 0.3) is 0 Å². The second-order valence-corrected chi connectivity index (χ2v) is 6.17. The molecule has 1 rings (SSSR count). The molecule has 142 valence electrons. The number of nitrogens with zero attached hydrogens (tertiary/aromatic N) is 1. The molecule has 1 heterocycles. The number of rotatable bonds is 8. The van der Waals surface area contributed by atoms with Gasteiger partial charge in [-0.2, -0.15) is 0 Å². The van der Waals surface area contributed by atoms with E-state index in [9.17, 15) is 9.59 Å². The molecule has 0 spiro atoms. The summed E-state index contributed by atoms with van der Waals surface area (Å²) in [6.07, 6.45) is 7.41. The van der Waals surface area contributed by atoms with Crippen molar-refractivity contribution in [1.29, 1.82) is 0 Å². The fourth-order valence-electron chi connectivity index (χ4n) is 2.87. The van der Waals surface area contributed by atoms with Crippen molar-refractivity contribution in [2.75, 3.05) is 19.6 Å². The van der Waals surface area contributed by atoms with Crippen molar-refractivity contribution in [3.8, 4) is 0 Å². The third-order valence-corrected chi connectivity index (χ3v) is 4.24. The van der Waals surface area contributed by atoms with Gasteiger partial charge in [0.15, 0.2) is 0 Å². The van der Waals surface area contributed by atoms with Crippen LogP contribution >= 0.6 is 0 Å². The number of hydrogen-bond donors (Lipinski definition) is 2. The fraction of sp³-hybridized carbons (Fsp3) is 0.600. The Bertz CT molecular complexity index is 452. The highest BCUT2D eigenvalue weighted by Gasteiger charge is 2.24. The lowest BCUT2D eigenvalue weighted by molar-refractivity contribution is -0.129. The van der Waals surface area contributed by atoms with Crippen molar-refractivity contribution < 1.29 is 9.59 Å². The van der Waals surface area contributed by atoms with Gasteiger partial charge >= 0.3 is 0 Å². The zero-order valence-electron chi connectivity index (χ0n) is 16.1. The van der Waals surface area contributed by atoms with E-state index in [4.69, 9.17) is 0 Å². The number of likely N-dealkylation sites (tertiary alicyclic amines) is 1. The van der Waals surface area contributed by atoms with E-state index in [-0.39, 0.29) is 17.9 Å². The molecule has 0 aromatic carbocycles. The van der Waals surface area contributed by atoms with Crippen LogP contribution in [-0.2, 0) is 9.59 Å². The van der Waals surface area contributed by atoms with Gasteiger partial charge in [0.2, 0.25) is 11.8 Å². The average Bonchev–Trinajstić information content (AvgIpc) is 2.62. The van der Waals surface area contributed by atoms with Crippen molar-refractivity contribution in [1.82, 2.24) is 15.5 Å². The SMILES string of the molecule is C=C.C=C/C(=C\C)CN1CCC(NC(=O)C(CCC)NC(C)=O)CC1. The van der Waals surface area contributed by atoms with Crippen LogP contribution in [0.2, 0.25) is 0 Å². The number of carbonyl (C=O) groups is 2. The molecule has 1 fully saturated rings. The van der Waals surface area contributed by atoms with E-state index in [2.05, 4.69) is 41.3 Å². The summed E-state index contributed by atoms with van der Waals surface area (Å²) in [7, 11) is 0. The Morgan fingerprint density at radius 2 is 1.88 bits per heavy atom. The number of allylic oxidation sites excluding steroid dienone is 1. The summed E-state index contributed by atoms with van der Waals surface area (Å²) in [5, 5.41) is 5.84. The molecule has 5 nitrogen and oxygen atoms in total. The van der Waals surface area contributed by atoms with Crippen LogP contribution < -0.4 is 10.6 Å². The number of carbonyl (C=O) groups excluding carboxylic acids is 2. The molecule has 1 saturated heterocycles. The second-order valence-electron chi connectivity index (χ2n) is 6.17. The van der Waals surface area contributed by atoms with E-state index in [0.29, 0.717) is 6.42 Å². The molecule has 1 unspecified atom stereocenters. The van der Waals surface area contributed by atoms with Crippen LogP contribution in [0.25, 0.3) is 0 Å². The smallest absolute Gasteiger partial charge is 0.242 e. The second kappa shape index (κ2) is 13.4. The van der Waals surface area contributed by atoms with Crippen molar-refractivity contribution in [2.45, 2.75) is 58.5 Å². The zero-order chi connectivity index (χ0) is 19.2. The third kappa shape index (κ3) is 9.25. The van der Waals surface area contributed by atoms with Crippen LogP contribution in [0.1, 0.15) is 46.5 Å². The highest BCUT2D eigenvalue weighted by molar-refractivity contribution is 5.86. The lowest BCUT2D eigenvalue weighted by Gasteiger charge is -2.33. The first-order valence-corrected chi connectivity index (χ1v) is 9.07. The number of hydrogen-bond acceptors (Lipinski definition) is 3. The van der Waals surface area contributed by atoms with Crippen LogP contribution in [0.3, 0.4) is 0 Å². The Labute approximate surface area is 153 Å². The first-order valence-electron chi connectivity index (χ1n) is 9.07. The maximum Gasteiger partial charge on any atom is 0.242 e. The van der Waals surface area contributed by atoms with Gasteiger partial charge in [0.1, 0.15) is 6.04 Å².